The molecule has 2 amide bonds. The summed E-state index contributed by atoms with van der Waals surface area (Å²) >= 11 is 0. The minimum atomic E-state index is -0.461. The first-order valence-electron chi connectivity index (χ1n) is 8.27. The van der Waals surface area contributed by atoms with E-state index >= 15 is 0 Å². The lowest BCUT2D eigenvalue weighted by Gasteiger charge is -2.16. The van der Waals surface area contributed by atoms with Crippen LogP contribution in [0.5, 0.6) is 11.5 Å². The van der Waals surface area contributed by atoms with E-state index in [-0.39, 0.29) is 11.7 Å². The molecular formula is C20H20N2O4. The predicted molar refractivity (Wildman–Crippen MR) is 98.8 cm³/mol. The molecule has 2 aromatic carbocycles. The smallest absolute Gasteiger partial charge is 0.282 e. The van der Waals surface area contributed by atoms with Crippen molar-refractivity contribution in [3.05, 3.63) is 59.7 Å². The largest absolute Gasteiger partial charge is 0.493 e. The number of para-hydroxylation sites is 2. The van der Waals surface area contributed by atoms with E-state index in [0.717, 1.165) is 0 Å². The number of amides is 2. The highest BCUT2D eigenvalue weighted by atomic mass is 16.5. The second-order valence-electron chi connectivity index (χ2n) is 6.02. The molecule has 1 aliphatic heterocycles. The van der Waals surface area contributed by atoms with Gasteiger partial charge in [-0.05, 0) is 38.1 Å². The van der Waals surface area contributed by atoms with Gasteiger partial charge in [-0.3, -0.25) is 15.0 Å². The van der Waals surface area contributed by atoms with Crippen LogP contribution in [0.4, 0.5) is 5.69 Å². The van der Waals surface area contributed by atoms with Crippen molar-refractivity contribution in [2.24, 2.45) is 0 Å². The van der Waals surface area contributed by atoms with Crippen molar-refractivity contribution in [2.45, 2.75) is 20.0 Å². The number of hydrazine groups is 1. The lowest BCUT2D eigenvalue weighted by Crippen LogP contribution is -2.35. The van der Waals surface area contributed by atoms with Crippen molar-refractivity contribution in [3.8, 4) is 11.5 Å². The van der Waals surface area contributed by atoms with Gasteiger partial charge in [0.05, 0.1) is 18.9 Å². The summed E-state index contributed by atoms with van der Waals surface area (Å²) in [5.74, 6) is 0.159. The molecule has 1 fully saturated rings. The van der Waals surface area contributed by atoms with E-state index in [4.69, 9.17) is 9.47 Å². The number of nitrogens with one attached hydrogen (secondary N) is 1. The molecule has 1 aliphatic rings. The van der Waals surface area contributed by atoms with Gasteiger partial charge in [-0.1, -0.05) is 30.3 Å². The van der Waals surface area contributed by atoms with Crippen molar-refractivity contribution < 1.29 is 19.1 Å². The van der Waals surface area contributed by atoms with Crippen LogP contribution in [0.2, 0.25) is 0 Å². The van der Waals surface area contributed by atoms with Gasteiger partial charge in [-0.25, -0.2) is 5.01 Å². The topological polar surface area (TPSA) is 67.9 Å². The summed E-state index contributed by atoms with van der Waals surface area (Å²) in [5.41, 5.74) is 3.82. The van der Waals surface area contributed by atoms with Crippen molar-refractivity contribution in [2.75, 3.05) is 12.1 Å². The van der Waals surface area contributed by atoms with Crippen LogP contribution in [-0.4, -0.2) is 25.0 Å². The van der Waals surface area contributed by atoms with Crippen LogP contribution in [0.1, 0.15) is 19.4 Å². The van der Waals surface area contributed by atoms with E-state index in [9.17, 15) is 9.59 Å². The molecule has 1 saturated heterocycles. The van der Waals surface area contributed by atoms with E-state index in [0.29, 0.717) is 22.7 Å². The highest BCUT2D eigenvalue weighted by Gasteiger charge is 2.34. The minimum absolute atomic E-state index is 0.0377. The van der Waals surface area contributed by atoms with Gasteiger partial charge in [0.1, 0.15) is 5.57 Å². The van der Waals surface area contributed by atoms with Crippen molar-refractivity contribution in [3.63, 3.8) is 0 Å². The number of benzene rings is 2. The summed E-state index contributed by atoms with van der Waals surface area (Å²) in [6.07, 6.45) is 1.44. The predicted octanol–water partition coefficient (Wildman–Crippen LogP) is 2.94. The Morgan fingerprint density at radius 3 is 2.42 bits per heavy atom. The first-order chi connectivity index (χ1) is 12.5. The maximum atomic E-state index is 12.7. The quantitative estimate of drug-likeness (QED) is 0.664. The Balaban J connectivity index is 2.00. The normalized spacial score (nSPS) is 15.5. The van der Waals surface area contributed by atoms with E-state index < -0.39 is 11.8 Å². The molecular weight excluding hydrogens is 332 g/mol. The maximum absolute atomic E-state index is 12.7. The summed E-state index contributed by atoms with van der Waals surface area (Å²) in [6, 6.07) is 14.3. The SMILES string of the molecule is COc1cccc(C=C2C(=O)NN(c3ccccc3)C2=O)c1OC(C)C. The van der Waals surface area contributed by atoms with Crippen LogP contribution < -0.4 is 19.9 Å². The van der Waals surface area contributed by atoms with Gasteiger partial charge in [0, 0.05) is 5.56 Å². The molecule has 0 saturated carbocycles. The van der Waals surface area contributed by atoms with Crippen LogP contribution in [0.3, 0.4) is 0 Å². The van der Waals surface area contributed by atoms with Crippen LogP contribution in [0.25, 0.3) is 6.08 Å². The van der Waals surface area contributed by atoms with Gasteiger partial charge in [0.15, 0.2) is 11.5 Å². The Bertz CT molecular complexity index is 859. The standard InChI is InChI=1S/C20H20N2O4/c1-13(2)26-18-14(8-7-11-17(18)25-3)12-16-19(23)21-22(20(16)24)15-9-5-4-6-10-15/h4-13H,1-3H3,(H,21,23). The molecule has 0 atom stereocenters. The third-order valence-electron chi connectivity index (χ3n) is 3.79. The Labute approximate surface area is 152 Å². The fourth-order valence-electron chi connectivity index (χ4n) is 2.64. The van der Waals surface area contributed by atoms with Crippen molar-refractivity contribution in [1.29, 1.82) is 0 Å². The molecule has 3 rings (SSSR count). The number of hydrogen-bond acceptors (Lipinski definition) is 4. The van der Waals surface area contributed by atoms with Gasteiger partial charge in [0.2, 0.25) is 0 Å². The number of methoxy groups -OCH3 is 1. The molecule has 0 aliphatic carbocycles. The van der Waals surface area contributed by atoms with E-state index in [1.165, 1.54) is 11.1 Å². The van der Waals surface area contributed by atoms with Gasteiger partial charge >= 0.3 is 0 Å². The molecule has 1 heterocycles. The summed E-state index contributed by atoms with van der Waals surface area (Å²) < 4.78 is 11.2. The first kappa shape index (κ1) is 17.5. The molecule has 134 valence electrons. The van der Waals surface area contributed by atoms with Crippen molar-refractivity contribution >= 4 is 23.6 Å². The molecule has 0 aromatic heterocycles. The second-order valence-corrected chi connectivity index (χ2v) is 6.02. The zero-order valence-electron chi connectivity index (χ0n) is 14.9. The lowest BCUT2D eigenvalue weighted by molar-refractivity contribution is -0.117. The summed E-state index contributed by atoms with van der Waals surface area (Å²) in [6.45, 7) is 3.79. The van der Waals surface area contributed by atoms with E-state index in [1.54, 1.807) is 49.6 Å². The van der Waals surface area contributed by atoms with Crippen LogP contribution in [0, 0.1) is 0 Å². The van der Waals surface area contributed by atoms with E-state index in [1.807, 2.05) is 19.9 Å². The molecule has 0 unspecified atom stereocenters. The molecule has 0 radical (unpaired) electrons. The highest BCUT2D eigenvalue weighted by molar-refractivity contribution is 6.31. The average Bonchev–Trinajstić information content (AvgIpc) is 2.91. The average molecular weight is 352 g/mol. The van der Waals surface area contributed by atoms with Gasteiger partial charge in [-0.15, -0.1) is 0 Å². The van der Waals surface area contributed by atoms with Crippen molar-refractivity contribution in [1.82, 2.24) is 5.43 Å². The van der Waals surface area contributed by atoms with Crippen LogP contribution >= 0.6 is 0 Å². The maximum Gasteiger partial charge on any atom is 0.282 e. The number of nitrogens with zero attached hydrogens (tertiary/aromatic N) is 1. The number of ether oxygens (including phenoxy) is 2. The van der Waals surface area contributed by atoms with Gasteiger partial charge < -0.3 is 9.47 Å². The number of anilines is 1. The summed E-state index contributed by atoms with van der Waals surface area (Å²) in [5, 5.41) is 1.23. The second kappa shape index (κ2) is 7.31. The number of hydrogen-bond donors (Lipinski definition) is 1. The molecule has 2 aromatic rings. The Kier molecular flexibility index (Phi) is 4.93. The third-order valence-corrected chi connectivity index (χ3v) is 3.79. The fraction of sp³-hybridized carbons (Fsp3) is 0.200. The Morgan fingerprint density at radius 2 is 1.77 bits per heavy atom. The first-order valence-corrected chi connectivity index (χ1v) is 8.27. The number of rotatable bonds is 5. The zero-order chi connectivity index (χ0) is 18.7. The van der Waals surface area contributed by atoms with E-state index in [2.05, 4.69) is 5.43 Å². The summed E-state index contributed by atoms with van der Waals surface area (Å²) in [4.78, 5) is 25.1. The van der Waals surface area contributed by atoms with Gasteiger partial charge in [-0.2, -0.15) is 0 Å². The molecule has 6 heteroatoms. The third kappa shape index (κ3) is 3.39. The Morgan fingerprint density at radius 1 is 1.04 bits per heavy atom. The Hall–Kier alpha value is -3.28. The minimum Gasteiger partial charge on any atom is -0.493 e. The lowest BCUT2D eigenvalue weighted by atomic mass is 10.1. The zero-order valence-corrected chi connectivity index (χ0v) is 14.9. The monoisotopic (exact) mass is 352 g/mol. The molecule has 0 spiro atoms. The fourth-order valence-corrected chi connectivity index (χ4v) is 2.64. The molecule has 1 N–H and O–H groups in total. The van der Waals surface area contributed by atoms with Crippen LogP contribution in [0.15, 0.2) is 54.1 Å². The highest BCUT2D eigenvalue weighted by Crippen LogP contribution is 2.34. The molecule has 6 nitrogen and oxygen atoms in total. The number of carbonyl (C=O) groups is 2. The number of carbonyl (C=O) groups excluding carboxylic acids is 2. The molecule has 0 bridgehead atoms. The van der Waals surface area contributed by atoms with Gasteiger partial charge in [0.25, 0.3) is 11.8 Å². The summed E-state index contributed by atoms with van der Waals surface area (Å²) in [7, 11) is 1.55. The van der Waals surface area contributed by atoms with Crippen LogP contribution in [-0.2, 0) is 9.59 Å². The molecule has 26 heavy (non-hydrogen) atoms.